The Morgan fingerprint density at radius 2 is 2.26 bits per heavy atom. The van der Waals surface area contributed by atoms with Gasteiger partial charge < -0.3 is 15.0 Å². The summed E-state index contributed by atoms with van der Waals surface area (Å²) >= 11 is 1.85. The van der Waals surface area contributed by atoms with E-state index >= 15 is 0 Å². The van der Waals surface area contributed by atoms with Gasteiger partial charge in [-0.15, -0.1) is 11.3 Å². The zero-order valence-electron chi connectivity index (χ0n) is 12.2. The first-order valence-electron chi connectivity index (χ1n) is 7.17. The molecule has 1 saturated carbocycles. The number of hydrogen-bond acceptors (Lipinski definition) is 5. The molecule has 108 valence electrons. The maximum atomic E-state index is 5.06. The molecule has 0 amide bonds. The SMILES string of the molecule is CCCc1nc(N(C)C2CC2)sc1CNCCOC. The maximum Gasteiger partial charge on any atom is 0.185 e. The normalized spacial score (nSPS) is 14.9. The number of thiazole rings is 1. The Morgan fingerprint density at radius 3 is 2.89 bits per heavy atom. The van der Waals surface area contributed by atoms with Crippen molar-refractivity contribution >= 4 is 16.5 Å². The molecule has 1 N–H and O–H groups in total. The lowest BCUT2D eigenvalue weighted by atomic mass is 10.2. The zero-order valence-corrected chi connectivity index (χ0v) is 13.1. The zero-order chi connectivity index (χ0) is 13.7. The Morgan fingerprint density at radius 1 is 1.47 bits per heavy atom. The van der Waals surface area contributed by atoms with Crippen LogP contribution in [0.4, 0.5) is 5.13 Å². The van der Waals surface area contributed by atoms with Gasteiger partial charge in [0.15, 0.2) is 5.13 Å². The molecule has 0 aliphatic heterocycles. The van der Waals surface area contributed by atoms with E-state index in [0.29, 0.717) is 0 Å². The fourth-order valence-electron chi connectivity index (χ4n) is 2.08. The van der Waals surface area contributed by atoms with Crippen LogP contribution in [0.3, 0.4) is 0 Å². The molecule has 1 aliphatic carbocycles. The van der Waals surface area contributed by atoms with Crippen molar-refractivity contribution in [3.05, 3.63) is 10.6 Å². The summed E-state index contributed by atoms with van der Waals surface area (Å²) in [5.74, 6) is 0. The van der Waals surface area contributed by atoms with Crippen molar-refractivity contribution in [1.29, 1.82) is 0 Å². The molecule has 2 rings (SSSR count). The fourth-order valence-corrected chi connectivity index (χ4v) is 3.19. The third-order valence-electron chi connectivity index (χ3n) is 3.42. The first-order chi connectivity index (χ1) is 9.26. The molecule has 0 atom stereocenters. The Kier molecular flexibility index (Phi) is 5.60. The molecule has 0 bridgehead atoms. The van der Waals surface area contributed by atoms with E-state index in [1.54, 1.807) is 7.11 Å². The summed E-state index contributed by atoms with van der Waals surface area (Å²) < 4.78 is 5.06. The van der Waals surface area contributed by atoms with Gasteiger partial charge in [-0.05, 0) is 19.3 Å². The summed E-state index contributed by atoms with van der Waals surface area (Å²) in [5.41, 5.74) is 1.28. The molecule has 1 heterocycles. The predicted molar refractivity (Wildman–Crippen MR) is 81.1 cm³/mol. The van der Waals surface area contributed by atoms with Crippen molar-refractivity contribution in [3.8, 4) is 0 Å². The summed E-state index contributed by atoms with van der Waals surface area (Å²) in [4.78, 5) is 8.57. The minimum absolute atomic E-state index is 0.731. The summed E-state index contributed by atoms with van der Waals surface area (Å²) in [7, 11) is 3.91. The number of anilines is 1. The van der Waals surface area contributed by atoms with Crippen LogP contribution in [0.5, 0.6) is 0 Å². The number of ether oxygens (including phenoxy) is 1. The Bertz CT molecular complexity index is 390. The Balaban J connectivity index is 1.97. The van der Waals surface area contributed by atoms with E-state index in [1.807, 2.05) is 11.3 Å². The van der Waals surface area contributed by atoms with Crippen LogP contribution in [-0.2, 0) is 17.7 Å². The summed E-state index contributed by atoms with van der Waals surface area (Å²) in [6.45, 7) is 4.78. The van der Waals surface area contributed by atoms with E-state index < -0.39 is 0 Å². The van der Waals surface area contributed by atoms with Crippen molar-refractivity contribution in [3.63, 3.8) is 0 Å². The van der Waals surface area contributed by atoms with Crippen LogP contribution >= 0.6 is 11.3 Å². The van der Waals surface area contributed by atoms with Crippen molar-refractivity contribution < 1.29 is 4.74 Å². The summed E-state index contributed by atoms with van der Waals surface area (Å²) in [6.07, 6.45) is 4.87. The molecule has 5 heteroatoms. The minimum atomic E-state index is 0.731. The van der Waals surface area contributed by atoms with Crippen LogP contribution in [0.1, 0.15) is 36.8 Å². The number of nitrogens with zero attached hydrogens (tertiary/aromatic N) is 2. The van der Waals surface area contributed by atoms with Gasteiger partial charge in [-0.3, -0.25) is 0 Å². The van der Waals surface area contributed by atoms with E-state index in [9.17, 15) is 0 Å². The third kappa shape index (κ3) is 4.16. The monoisotopic (exact) mass is 283 g/mol. The van der Waals surface area contributed by atoms with Crippen molar-refractivity contribution in [2.45, 2.75) is 45.2 Å². The highest BCUT2D eigenvalue weighted by Gasteiger charge is 2.28. The van der Waals surface area contributed by atoms with Gasteiger partial charge in [0.05, 0.1) is 12.3 Å². The fraction of sp³-hybridized carbons (Fsp3) is 0.786. The van der Waals surface area contributed by atoms with Gasteiger partial charge in [0.2, 0.25) is 0 Å². The highest BCUT2D eigenvalue weighted by Crippen LogP contribution is 2.34. The highest BCUT2D eigenvalue weighted by molar-refractivity contribution is 7.15. The quantitative estimate of drug-likeness (QED) is 0.706. The molecule has 1 aromatic heterocycles. The number of hydrogen-bond donors (Lipinski definition) is 1. The molecule has 0 unspecified atom stereocenters. The number of aryl methyl sites for hydroxylation is 1. The minimum Gasteiger partial charge on any atom is -0.383 e. The van der Waals surface area contributed by atoms with Gasteiger partial charge in [-0.2, -0.15) is 0 Å². The Hall–Kier alpha value is -0.650. The second-order valence-corrected chi connectivity index (χ2v) is 6.19. The van der Waals surface area contributed by atoms with E-state index in [0.717, 1.165) is 38.6 Å². The number of rotatable bonds is 9. The van der Waals surface area contributed by atoms with Crippen LogP contribution in [0.25, 0.3) is 0 Å². The van der Waals surface area contributed by atoms with Crippen LogP contribution in [0.15, 0.2) is 0 Å². The summed E-state index contributed by atoms with van der Waals surface area (Å²) in [5, 5.41) is 4.61. The average Bonchev–Trinajstić information content (AvgIpc) is 3.18. The molecule has 4 nitrogen and oxygen atoms in total. The van der Waals surface area contributed by atoms with Crippen LogP contribution in [0.2, 0.25) is 0 Å². The maximum absolute atomic E-state index is 5.06. The Labute approximate surface area is 120 Å². The van der Waals surface area contributed by atoms with E-state index in [1.165, 1.54) is 28.5 Å². The molecule has 0 spiro atoms. The van der Waals surface area contributed by atoms with Gasteiger partial charge in [0.1, 0.15) is 0 Å². The van der Waals surface area contributed by atoms with Gasteiger partial charge in [0.25, 0.3) is 0 Å². The summed E-state index contributed by atoms with van der Waals surface area (Å²) in [6, 6.07) is 0.731. The third-order valence-corrected chi connectivity index (χ3v) is 4.61. The van der Waals surface area contributed by atoms with E-state index in [2.05, 4.69) is 24.2 Å². The van der Waals surface area contributed by atoms with Gasteiger partial charge >= 0.3 is 0 Å². The largest absolute Gasteiger partial charge is 0.383 e. The second-order valence-electron chi connectivity index (χ2n) is 5.13. The standard InChI is InChI=1S/C14H25N3OS/c1-4-5-12-13(10-15-8-9-18-3)19-14(16-12)17(2)11-6-7-11/h11,15H,4-10H2,1-3H3. The van der Waals surface area contributed by atoms with Gasteiger partial charge in [-0.25, -0.2) is 4.98 Å². The van der Waals surface area contributed by atoms with Crippen LogP contribution < -0.4 is 10.2 Å². The van der Waals surface area contributed by atoms with E-state index in [-0.39, 0.29) is 0 Å². The molecule has 1 fully saturated rings. The lowest BCUT2D eigenvalue weighted by Crippen LogP contribution is -2.19. The van der Waals surface area contributed by atoms with Crippen molar-refractivity contribution in [2.24, 2.45) is 0 Å². The molecule has 1 aromatic rings. The molecular formula is C14H25N3OS. The molecule has 1 aliphatic rings. The molecule has 0 aromatic carbocycles. The second kappa shape index (κ2) is 7.22. The predicted octanol–water partition coefficient (Wildman–Crippen LogP) is 2.43. The van der Waals surface area contributed by atoms with Gasteiger partial charge in [0, 0.05) is 38.2 Å². The van der Waals surface area contributed by atoms with Crippen LogP contribution in [-0.4, -0.2) is 38.3 Å². The highest BCUT2D eigenvalue weighted by atomic mass is 32.1. The lowest BCUT2D eigenvalue weighted by Gasteiger charge is -2.13. The van der Waals surface area contributed by atoms with Crippen molar-refractivity contribution in [2.75, 3.05) is 32.2 Å². The van der Waals surface area contributed by atoms with Crippen LogP contribution in [0, 0.1) is 0 Å². The number of methoxy groups -OCH3 is 1. The molecule has 19 heavy (non-hydrogen) atoms. The number of aromatic nitrogens is 1. The smallest absolute Gasteiger partial charge is 0.185 e. The lowest BCUT2D eigenvalue weighted by molar-refractivity contribution is 0.199. The molecular weight excluding hydrogens is 258 g/mol. The van der Waals surface area contributed by atoms with E-state index in [4.69, 9.17) is 9.72 Å². The first kappa shape index (κ1) is 14.8. The molecule has 0 saturated heterocycles. The molecule has 0 radical (unpaired) electrons. The topological polar surface area (TPSA) is 37.4 Å². The number of nitrogens with one attached hydrogen (secondary N) is 1. The first-order valence-corrected chi connectivity index (χ1v) is 7.99. The average molecular weight is 283 g/mol. The van der Waals surface area contributed by atoms with Crippen molar-refractivity contribution in [1.82, 2.24) is 10.3 Å². The van der Waals surface area contributed by atoms with Gasteiger partial charge in [-0.1, -0.05) is 13.3 Å².